The first kappa shape index (κ1) is 16.7. The van der Waals surface area contributed by atoms with Gasteiger partial charge in [-0.2, -0.15) is 10.4 Å². The Hall–Kier alpha value is -2.17. The molecule has 0 spiro atoms. The quantitative estimate of drug-likeness (QED) is 0.818. The summed E-state index contributed by atoms with van der Waals surface area (Å²) in [6.45, 7) is 0.895. The van der Waals surface area contributed by atoms with Crippen molar-refractivity contribution in [2.24, 2.45) is 0 Å². The Bertz CT molecular complexity index is 744. The average Bonchev–Trinajstić information content (AvgIpc) is 3.09. The maximum absolute atomic E-state index is 12.3. The van der Waals surface area contributed by atoms with Crippen molar-refractivity contribution in [1.29, 1.82) is 5.26 Å². The van der Waals surface area contributed by atoms with Crippen LogP contribution in [0.2, 0.25) is 0 Å². The summed E-state index contributed by atoms with van der Waals surface area (Å²) in [5.41, 5.74) is 2.79. The van der Waals surface area contributed by atoms with E-state index in [9.17, 15) is 10.1 Å². The maximum atomic E-state index is 12.3. The van der Waals surface area contributed by atoms with E-state index in [0.717, 1.165) is 30.5 Å². The summed E-state index contributed by atoms with van der Waals surface area (Å²) in [4.78, 5) is 15.5. The highest BCUT2D eigenvalue weighted by Gasteiger charge is 2.21. The van der Waals surface area contributed by atoms with E-state index in [2.05, 4.69) is 21.6 Å². The van der Waals surface area contributed by atoms with Crippen LogP contribution in [0.3, 0.4) is 0 Å². The number of aromatic amines is 1. The van der Waals surface area contributed by atoms with Gasteiger partial charge in [0.25, 0.3) is 0 Å². The predicted molar refractivity (Wildman–Crippen MR) is 93.8 cm³/mol. The third kappa shape index (κ3) is 3.83. The van der Waals surface area contributed by atoms with Crippen molar-refractivity contribution in [3.8, 4) is 6.07 Å². The minimum atomic E-state index is -0.0927. The van der Waals surface area contributed by atoms with E-state index in [1.807, 2.05) is 18.0 Å². The number of anilines is 1. The number of aryl methyl sites for hydroxylation is 1. The monoisotopic (exact) mass is 343 g/mol. The van der Waals surface area contributed by atoms with Crippen LogP contribution in [-0.4, -0.2) is 34.6 Å². The van der Waals surface area contributed by atoms with Crippen LogP contribution in [0.4, 0.5) is 5.00 Å². The highest BCUT2D eigenvalue weighted by Crippen LogP contribution is 2.36. The molecular weight excluding hydrogens is 322 g/mol. The van der Waals surface area contributed by atoms with Crippen molar-refractivity contribution in [1.82, 2.24) is 15.1 Å². The first-order valence-corrected chi connectivity index (χ1v) is 9.00. The van der Waals surface area contributed by atoms with Gasteiger partial charge in [0.2, 0.25) is 5.91 Å². The second-order valence-electron chi connectivity index (χ2n) is 6.18. The van der Waals surface area contributed by atoms with Gasteiger partial charge in [-0.25, -0.2) is 0 Å². The normalized spacial score (nSPS) is 14.0. The van der Waals surface area contributed by atoms with Crippen LogP contribution in [0.1, 0.15) is 41.0 Å². The van der Waals surface area contributed by atoms with Gasteiger partial charge in [0.05, 0.1) is 12.1 Å². The summed E-state index contributed by atoms with van der Waals surface area (Å²) in [6.07, 6.45) is 7.17. The van der Waals surface area contributed by atoms with Crippen LogP contribution in [0.15, 0.2) is 12.3 Å². The van der Waals surface area contributed by atoms with E-state index in [1.54, 1.807) is 17.5 Å². The van der Waals surface area contributed by atoms with Crippen LogP contribution in [-0.2, 0) is 24.2 Å². The van der Waals surface area contributed by atoms with E-state index in [0.29, 0.717) is 17.1 Å². The van der Waals surface area contributed by atoms with Crippen molar-refractivity contribution in [2.75, 3.05) is 18.9 Å². The number of nitriles is 1. The summed E-state index contributed by atoms with van der Waals surface area (Å²) in [6, 6.07) is 4.18. The SMILES string of the molecule is CN(CC(=O)Nc1sc2c(c1C#N)CCCCC2)Cc1ccn[nH]1. The number of hydrogen-bond donors (Lipinski definition) is 2. The van der Waals surface area contributed by atoms with Crippen molar-refractivity contribution < 1.29 is 4.79 Å². The van der Waals surface area contributed by atoms with Gasteiger partial charge < -0.3 is 5.32 Å². The number of H-pyrrole nitrogens is 1. The molecule has 2 aromatic heterocycles. The molecule has 0 aliphatic heterocycles. The highest BCUT2D eigenvalue weighted by atomic mass is 32.1. The first-order chi connectivity index (χ1) is 11.7. The molecule has 0 radical (unpaired) electrons. The number of thiophene rings is 1. The fraction of sp³-hybridized carbons (Fsp3) is 0.471. The number of nitrogens with one attached hydrogen (secondary N) is 2. The zero-order valence-corrected chi connectivity index (χ0v) is 14.6. The first-order valence-electron chi connectivity index (χ1n) is 8.18. The lowest BCUT2D eigenvalue weighted by atomic mass is 10.1. The number of nitrogens with zero attached hydrogens (tertiary/aromatic N) is 3. The maximum Gasteiger partial charge on any atom is 0.239 e. The molecule has 0 atom stereocenters. The van der Waals surface area contributed by atoms with Gasteiger partial charge in [-0.3, -0.25) is 14.8 Å². The van der Waals surface area contributed by atoms with E-state index >= 15 is 0 Å². The summed E-state index contributed by atoms with van der Waals surface area (Å²) in [7, 11) is 1.88. The second-order valence-corrected chi connectivity index (χ2v) is 7.29. The van der Waals surface area contributed by atoms with Gasteiger partial charge in [0, 0.05) is 23.3 Å². The minimum Gasteiger partial charge on any atom is -0.315 e. The standard InChI is InChI=1S/C17H21N5OS/c1-22(10-12-7-8-19-21-12)11-16(23)20-17-14(9-18)13-5-3-2-4-6-15(13)24-17/h7-8H,2-6,10-11H2,1H3,(H,19,21)(H,20,23). The molecule has 2 N–H and O–H groups in total. The number of amides is 1. The molecule has 1 amide bonds. The predicted octanol–water partition coefficient (Wildman–Crippen LogP) is 2.68. The Balaban J connectivity index is 1.65. The summed E-state index contributed by atoms with van der Waals surface area (Å²) < 4.78 is 0. The van der Waals surface area contributed by atoms with E-state index in [1.165, 1.54) is 17.7 Å². The zero-order valence-electron chi connectivity index (χ0n) is 13.8. The zero-order chi connectivity index (χ0) is 16.9. The van der Waals surface area contributed by atoms with E-state index in [-0.39, 0.29) is 12.5 Å². The van der Waals surface area contributed by atoms with E-state index in [4.69, 9.17) is 0 Å². The third-order valence-electron chi connectivity index (χ3n) is 4.20. The Kier molecular flexibility index (Phi) is 5.28. The van der Waals surface area contributed by atoms with Crippen molar-refractivity contribution in [3.63, 3.8) is 0 Å². The van der Waals surface area contributed by atoms with Crippen LogP contribution < -0.4 is 5.32 Å². The molecule has 2 aromatic rings. The fourth-order valence-electron chi connectivity index (χ4n) is 3.08. The van der Waals surface area contributed by atoms with Gasteiger partial charge >= 0.3 is 0 Å². The molecule has 1 aliphatic carbocycles. The third-order valence-corrected chi connectivity index (χ3v) is 5.41. The highest BCUT2D eigenvalue weighted by molar-refractivity contribution is 7.16. The molecule has 0 saturated carbocycles. The van der Waals surface area contributed by atoms with E-state index < -0.39 is 0 Å². The average molecular weight is 343 g/mol. The smallest absolute Gasteiger partial charge is 0.239 e. The van der Waals surface area contributed by atoms with Crippen LogP contribution in [0.5, 0.6) is 0 Å². The lowest BCUT2D eigenvalue weighted by molar-refractivity contribution is -0.117. The molecule has 2 heterocycles. The molecule has 7 heteroatoms. The minimum absolute atomic E-state index is 0.0927. The van der Waals surface area contributed by atoms with Crippen molar-refractivity contribution >= 4 is 22.2 Å². The molecular formula is C17H21N5OS. The molecule has 1 aliphatic rings. The second kappa shape index (κ2) is 7.60. The molecule has 0 saturated heterocycles. The van der Waals surface area contributed by atoms with Gasteiger partial charge in [-0.1, -0.05) is 6.42 Å². The number of fused-ring (bicyclic) bond motifs is 1. The van der Waals surface area contributed by atoms with Crippen molar-refractivity contribution in [2.45, 2.75) is 38.6 Å². The Morgan fingerprint density at radius 1 is 1.46 bits per heavy atom. The Morgan fingerprint density at radius 2 is 2.29 bits per heavy atom. The molecule has 0 fully saturated rings. The molecule has 24 heavy (non-hydrogen) atoms. The van der Waals surface area contributed by atoms with Gasteiger partial charge in [0.1, 0.15) is 11.1 Å². The largest absolute Gasteiger partial charge is 0.315 e. The van der Waals surface area contributed by atoms with Gasteiger partial charge in [-0.15, -0.1) is 11.3 Å². The van der Waals surface area contributed by atoms with Crippen LogP contribution >= 0.6 is 11.3 Å². The fourth-order valence-corrected chi connectivity index (χ4v) is 4.34. The molecule has 126 valence electrons. The van der Waals surface area contributed by atoms with Crippen molar-refractivity contribution in [3.05, 3.63) is 34.0 Å². The summed E-state index contributed by atoms with van der Waals surface area (Å²) in [5, 5.41) is 19.9. The number of carbonyl (C=O) groups excluding carboxylic acids is 1. The van der Waals surface area contributed by atoms with Gasteiger partial charge in [-0.05, 0) is 44.4 Å². The lowest BCUT2D eigenvalue weighted by Crippen LogP contribution is -2.29. The Morgan fingerprint density at radius 3 is 3.04 bits per heavy atom. The molecule has 3 rings (SSSR count). The Labute approximate surface area is 145 Å². The molecule has 0 unspecified atom stereocenters. The van der Waals surface area contributed by atoms with Crippen LogP contribution in [0, 0.1) is 11.3 Å². The number of rotatable bonds is 5. The molecule has 0 aromatic carbocycles. The van der Waals surface area contributed by atoms with Crippen LogP contribution in [0.25, 0.3) is 0 Å². The topological polar surface area (TPSA) is 84.8 Å². The summed E-state index contributed by atoms with van der Waals surface area (Å²) in [5.74, 6) is -0.0927. The number of carbonyl (C=O) groups is 1. The number of likely N-dealkylation sites (N-methyl/N-ethyl adjacent to an activating group) is 1. The molecule has 6 nitrogen and oxygen atoms in total. The number of aromatic nitrogens is 2. The van der Waals surface area contributed by atoms with Gasteiger partial charge in [0.15, 0.2) is 0 Å². The lowest BCUT2D eigenvalue weighted by Gasteiger charge is -2.14. The number of hydrogen-bond acceptors (Lipinski definition) is 5. The molecule has 0 bridgehead atoms. The summed E-state index contributed by atoms with van der Waals surface area (Å²) >= 11 is 1.57.